The van der Waals surface area contributed by atoms with Crippen LogP contribution < -0.4 is 15.8 Å². The number of alkyl halides is 3. The van der Waals surface area contributed by atoms with Crippen LogP contribution in [0.15, 0.2) is 47.4 Å². The van der Waals surface area contributed by atoms with Gasteiger partial charge >= 0.3 is 6.18 Å². The predicted molar refractivity (Wildman–Crippen MR) is 181 cm³/mol. The van der Waals surface area contributed by atoms with Gasteiger partial charge < -0.3 is 19.9 Å². The Hall–Kier alpha value is -5.05. The average molecular weight is 693 g/mol. The minimum atomic E-state index is -4.66. The zero-order valence-electron chi connectivity index (χ0n) is 28.0. The summed E-state index contributed by atoms with van der Waals surface area (Å²) in [5, 5.41) is 17.5. The van der Waals surface area contributed by atoms with Gasteiger partial charge in [0, 0.05) is 44.5 Å². The van der Waals surface area contributed by atoms with Crippen LogP contribution in [0.2, 0.25) is 0 Å². The Morgan fingerprint density at radius 3 is 2.54 bits per heavy atom. The van der Waals surface area contributed by atoms with E-state index >= 15 is 0 Å². The second kappa shape index (κ2) is 14.4. The Kier molecular flexibility index (Phi) is 10.0. The standard InChI is InChI=1S/C35H39F3N8O4/c1-3-28-31(44-17-15-43(16-18-44)20-27-29(48)11-8-14-39-27)33(50)46-34(41-32(42-46)23-9-6-4-5-7-10-23)45(28)21-30(49)40-26-13-12-24(35(36,37)38)19-25(26)22(2)47/h8-9,11-14,19,48H,3-7,10,15-18,20-21H2,1-2H3,(H,40,49). The van der Waals surface area contributed by atoms with Crippen LogP contribution in [0.25, 0.3) is 11.4 Å². The number of Topliss-reactive ketones (excluding diaryl/α,β-unsaturated/α-hetero) is 1. The maximum Gasteiger partial charge on any atom is 0.416 e. The molecule has 2 aliphatic rings. The van der Waals surface area contributed by atoms with E-state index < -0.39 is 23.4 Å². The minimum absolute atomic E-state index is 0.0494. The highest BCUT2D eigenvalue weighted by Gasteiger charge is 2.32. The number of benzene rings is 1. The van der Waals surface area contributed by atoms with E-state index in [9.17, 15) is 32.7 Å². The molecule has 15 heteroatoms. The summed E-state index contributed by atoms with van der Waals surface area (Å²) in [5.41, 5.74) is 0.765. The lowest BCUT2D eigenvalue weighted by Gasteiger charge is -2.36. The molecule has 4 aromatic rings. The summed E-state index contributed by atoms with van der Waals surface area (Å²) >= 11 is 0. The van der Waals surface area contributed by atoms with Crippen molar-refractivity contribution in [3.8, 4) is 5.75 Å². The number of nitrogens with one attached hydrogen (secondary N) is 1. The number of allylic oxidation sites excluding steroid dienone is 2. The van der Waals surface area contributed by atoms with Crippen molar-refractivity contribution in [2.75, 3.05) is 36.4 Å². The number of pyridine rings is 1. The lowest BCUT2D eigenvalue weighted by atomic mass is 10.0. The van der Waals surface area contributed by atoms with Crippen molar-refractivity contribution >= 4 is 34.4 Å². The van der Waals surface area contributed by atoms with E-state index in [1.165, 1.54) is 4.52 Å². The largest absolute Gasteiger partial charge is 0.506 e. The van der Waals surface area contributed by atoms with Crippen LogP contribution in [0.1, 0.15) is 79.1 Å². The van der Waals surface area contributed by atoms with Crippen LogP contribution in [-0.4, -0.2) is 72.0 Å². The zero-order valence-corrected chi connectivity index (χ0v) is 28.0. The number of rotatable bonds is 9. The molecule has 0 atom stereocenters. The fraction of sp³-hybridized carbons (Fsp3) is 0.429. The normalized spacial score (nSPS) is 15.9. The molecule has 4 heterocycles. The molecule has 12 nitrogen and oxygen atoms in total. The zero-order chi connectivity index (χ0) is 35.6. The van der Waals surface area contributed by atoms with Gasteiger partial charge in [0.25, 0.3) is 5.56 Å². The van der Waals surface area contributed by atoms with Crippen LogP contribution in [-0.2, 0) is 30.5 Å². The van der Waals surface area contributed by atoms with Crippen molar-refractivity contribution < 1.29 is 27.9 Å². The van der Waals surface area contributed by atoms with E-state index in [1.807, 2.05) is 11.8 Å². The van der Waals surface area contributed by atoms with E-state index in [1.54, 1.807) is 22.9 Å². The third-order valence-corrected chi connectivity index (χ3v) is 9.22. The molecule has 0 unspecified atom stereocenters. The quantitative estimate of drug-likeness (QED) is 0.230. The Bertz CT molecular complexity index is 2010. The summed E-state index contributed by atoms with van der Waals surface area (Å²) < 4.78 is 43.1. The second-order valence-electron chi connectivity index (χ2n) is 12.6. The van der Waals surface area contributed by atoms with Gasteiger partial charge in [-0.1, -0.05) is 19.4 Å². The first-order valence-corrected chi connectivity index (χ1v) is 16.8. The topological polar surface area (TPSA) is 138 Å². The molecule has 1 fully saturated rings. The molecular weight excluding hydrogens is 653 g/mol. The van der Waals surface area contributed by atoms with E-state index in [0.29, 0.717) is 62.0 Å². The van der Waals surface area contributed by atoms with Gasteiger partial charge in [0.1, 0.15) is 18.0 Å². The SMILES string of the molecule is CCc1c(N2CCN(Cc3ncccc3O)CC2)c(=O)n2nc(C3=CCCCCC3)nc2n1CC(=O)Nc1ccc(C(F)(F)F)cc1C(C)=O. The Balaban J connectivity index is 1.36. The maximum absolute atomic E-state index is 14.2. The highest BCUT2D eigenvalue weighted by atomic mass is 19.4. The van der Waals surface area contributed by atoms with Gasteiger partial charge in [-0.2, -0.15) is 22.7 Å². The molecule has 1 aliphatic heterocycles. The number of hydrogen-bond donors (Lipinski definition) is 2. The highest BCUT2D eigenvalue weighted by Crippen LogP contribution is 2.32. The van der Waals surface area contributed by atoms with Gasteiger partial charge in [-0.3, -0.25) is 24.3 Å². The Labute approximate surface area is 286 Å². The third kappa shape index (κ3) is 7.27. The lowest BCUT2D eigenvalue weighted by molar-refractivity contribution is -0.137. The van der Waals surface area contributed by atoms with Crippen LogP contribution in [0, 0.1) is 0 Å². The lowest BCUT2D eigenvalue weighted by Crippen LogP contribution is -2.48. The van der Waals surface area contributed by atoms with Crippen molar-refractivity contribution in [2.24, 2.45) is 0 Å². The third-order valence-electron chi connectivity index (χ3n) is 9.22. The number of nitrogens with zero attached hydrogens (tertiary/aromatic N) is 7. The predicted octanol–water partition coefficient (Wildman–Crippen LogP) is 5.08. The number of ketones is 1. The summed E-state index contributed by atoms with van der Waals surface area (Å²) in [6.45, 7) is 5.23. The number of aromatic hydroxyl groups is 1. The summed E-state index contributed by atoms with van der Waals surface area (Å²) in [6.07, 6.45) is 4.13. The minimum Gasteiger partial charge on any atom is -0.506 e. The number of aromatic nitrogens is 5. The first-order valence-electron chi connectivity index (χ1n) is 16.8. The number of hydrogen-bond acceptors (Lipinski definition) is 9. The van der Waals surface area contributed by atoms with Gasteiger partial charge in [0.05, 0.1) is 22.6 Å². The number of piperazine rings is 1. The summed E-state index contributed by atoms with van der Waals surface area (Å²) in [6, 6.07) is 5.87. The fourth-order valence-corrected chi connectivity index (χ4v) is 6.63. The van der Waals surface area contributed by atoms with Gasteiger partial charge in [0.2, 0.25) is 11.7 Å². The first-order chi connectivity index (χ1) is 23.9. The molecule has 50 heavy (non-hydrogen) atoms. The van der Waals surface area contributed by atoms with Gasteiger partial charge in [-0.05, 0) is 74.9 Å². The number of anilines is 2. The number of carbonyl (C=O) groups is 2. The molecule has 0 bridgehead atoms. The van der Waals surface area contributed by atoms with Gasteiger partial charge in [0.15, 0.2) is 11.6 Å². The smallest absolute Gasteiger partial charge is 0.416 e. The molecule has 6 rings (SSSR count). The van der Waals surface area contributed by atoms with E-state index in [4.69, 9.17) is 4.98 Å². The van der Waals surface area contributed by atoms with E-state index in [-0.39, 0.29) is 34.9 Å². The number of carbonyl (C=O) groups excluding carboxylic acids is 2. The van der Waals surface area contributed by atoms with Crippen LogP contribution in [0.3, 0.4) is 0 Å². The van der Waals surface area contributed by atoms with Gasteiger partial charge in [-0.25, -0.2) is 0 Å². The molecule has 1 aliphatic carbocycles. The number of halogens is 3. The number of fused-ring (bicyclic) bond motifs is 1. The molecule has 0 spiro atoms. The van der Waals surface area contributed by atoms with Crippen LogP contribution in [0.4, 0.5) is 24.5 Å². The summed E-state index contributed by atoms with van der Waals surface area (Å²) in [7, 11) is 0. The molecule has 1 amide bonds. The first kappa shape index (κ1) is 34.8. The van der Waals surface area contributed by atoms with Crippen molar-refractivity contribution in [3.05, 3.63) is 81.3 Å². The molecule has 0 radical (unpaired) electrons. The second-order valence-corrected chi connectivity index (χ2v) is 12.6. The molecule has 1 aromatic carbocycles. The molecule has 3 aromatic heterocycles. The van der Waals surface area contributed by atoms with Crippen molar-refractivity contribution in [1.82, 2.24) is 29.0 Å². The maximum atomic E-state index is 14.2. The van der Waals surface area contributed by atoms with E-state index in [2.05, 4.69) is 26.4 Å². The van der Waals surface area contributed by atoms with Crippen molar-refractivity contribution in [3.63, 3.8) is 0 Å². The molecule has 1 saturated heterocycles. The van der Waals surface area contributed by atoms with Crippen LogP contribution in [0.5, 0.6) is 5.75 Å². The van der Waals surface area contributed by atoms with Crippen LogP contribution >= 0.6 is 0 Å². The highest BCUT2D eigenvalue weighted by molar-refractivity contribution is 6.04. The fourth-order valence-electron chi connectivity index (χ4n) is 6.63. The van der Waals surface area contributed by atoms with Crippen molar-refractivity contribution in [2.45, 2.75) is 71.6 Å². The Morgan fingerprint density at radius 2 is 1.84 bits per heavy atom. The van der Waals surface area contributed by atoms with Crippen molar-refractivity contribution in [1.29, 1.82) is 0 Å². The average Bonchev–Trinajstić information content (AvgIpc) is 3.35. The number of amides is 1. The monoisotopic (exact) mass is 692 g/mol. The van der Waals surface area contributed by atoms with Gasteiger partial charge in [-0.15, -0.1) is 5.10 Å². The summed E-state index contributed by atoms with van der Waals surface area (Å²) in [5.74, 6) is -0.540. The molecular formula is C35H39F3N8O4. The van der Waals surface area contributed by atoms with E-state index in [0.717, 1.165) is 62.8 Å². The molecule has 2 N–H and O–H groups in total. The molecule has 0 saturated carbocycles. The Morgan fingerprint density at radius 1 is 1.06 bits per heavy atom. The summed E-state index contributed by atoms with van der Waals surface area (Å²) in [4.78, 5) is 53.4. The molecule has 264 valence electrons.